The van der Waals surface area contributed by atoms with Crippen LogP contribution in [0.25, 0.3) is 0 Å². The normalized spacial score (nSPS) is 10.1. The second kappa shape index (κ2) is 8.07. The molecule has 0 aliphatic carbocycles. The minimum absolute atomic E-state index is 0.251. The molecule has 5 heteroatoms. The van der Waals surface area contributed by atoms with Gasteiger partial charge in [0.2, 0.25) is 0 Å². The third-order valence-corrected chi connectivity index (χ3v) is 3.89. The number of nitrogens with one attached hydrogen (secondary N) is 1. The molecule has 0 aliphatic heterocycles. The standard InChI is InChI=1S/C21H20N2O3/c1-25-19-14-13-16(15-20(19)26-2)21(24)22-23(17-9-5-3-6-10-17)18-11-7-4-8-12-18/h3-15H,1-2H3,(H,22,24). The van der Waals surface area contributed by atoms with Gasteiger partial charge in [0.1, 0.15) is 0 Å². The van der Waals surface area contributed by atoms with Crippen LogP contribution < -0.4 is 19.9 Å². The number of hydrogen-bond donors (Lipinski definition) is 1. The molecule has 3 rings (SSSR count). The number of nitrogens with zero attached hydrogens (tertiary/aromatic N) is 1. The number of benzene rings is 3. The molecule has 0 saturated carbocycles. The Morgan fingerprint density at radius 2 is 1.31 bits per heavy atom. The minimum atomic E-state index is -0.251. The number of carbonyl (C=O) groups is 1. The SMILES string of the molecule is COc1ccc(C(=O)NN(c2ccccc2)c2ccccc2)cc1OC. The maximum atomic E-state index is 12.8. The lowest BCUT2D eigenvalue weighted by atomic mass is 10.2. The third kappa shape index (κ3) is 3.78. The summed E-state index contributed by atoms with van der Waals surface area (Å²) in [6, 6.07) is 24.4. The lowest BCUT2D eigenvalue weighted by Crippen LogP contribution is -2.38. The molecule has 1 N–H and O–H groups in total. The molecule has 0 heterocycles. The highest BCUT2D eigenvalue weighted by atomic mass is 16.5. The molecule has 5 nitrogen and oxygen atoms in total. The fourth-order valence-electron chi connectivity index (χ4n) is 2.58. The Balaban J connectivity index is 1.91. The highest BCUT2D eigenvalue weighted by molar-refractivity contribution is 5.96. The van der Waals surface area contributed by atoms with Gasteiger partial charge in [0.05, 0.1) is 25.6 Å². The van der Waals surface area contributed by atoms with Crippen molar-refractivity contribution in [2.75, 3.05) is 19.2 Å². The lowest BCUT2D eigenvalue weighted by molar-refractivity contribution is 0.0953. The molecule has 132 valence electrons. The first kappa shape index (κ1) is 17.4. The molecule has 3 aromatic carbocycles. The average Bonchev–Trinajstić information content (AvgIpc) is 2.72. The summed E-state index contributed by atoms with van der Waals surface area (Å²) in [6.45, 7) is 0. The van der Waals surface area contributed by atoms with E-state index in [1.807, 2.05) is 60.7 Å². The van der Waals surface area contributed by atoms with Crippen LogP contribution in [0.4, 0.5) is 11.4 Å². The van der Waals surface area contributed by atoms with E-state index in [2.05, 4.69) is 5.43 Å². The van der Waals surface area contributed by atoms with Crippen LogP contribution in [0.15, 0.2) is 78.9 Å². The van der Waals surface area contributed by atoms with E-state index >= 15 is 0 Å². The molecule has 0 spiro atoms. The van der Waals surface area contributed by atoms with Gasteiger partial charge in [0.25, 0.3) is 5.91 Å². The zero-order valence-corrected chi connectivity index (χ0v) is 14.7. The quantitative estimate of drug-likeness (QED) is 0.679. The molecular weight excluding hydrogens is 328 g/mol. The third-order valence-electron chi connectivity index (χ3n) is 3.89. The Labute approximate surface area is 152 Å². The van der Waals surface area contributed by atoms with Crippen LogP contribution >= 0.6 is 0 Å². The van der Waals surface area contributed by atoms with E-state index in [0.29, 0.717) is 17.1 Å². The van der Waals surface area contributed by atoms with Crippen molar-refractivity contribution in [1.29, 1.82) is 0 Å². The Bertz CT molecular complexity index is 827. The van der Waals surface area contributed by atoms with E-state index in [4.69, 9.17) is 9.47 Å². The van der Waals surface area contributed by atoms with Crippen LogP contribution in [0.2, 0.25) is 0 Å². The molecule has 0 fully saturated rings. The van der Waals surface area contributed by atoms with Crippen LogP contribution in [0.5, 0.6) is 11.5 Å². The van der Waals surface area contributed by atoms with Crippen molar-refractivity contribution in [3.8, 4) is 11.5 Å². The van der Waals surface area contributed by atoms with Gasteiger partial charge in [-0.05, 0) is 42.5 Å². The number of hydrazine groups is 1. The van der Waals surface area contributed by atoms with Gasteiger partial charge < -0.3 is 9.47 Å². The molecule has 0 unspecified atom stereocenters. The van der Waals surface area contributed by atoms with Gasteiger partial charge in [0.15, 0.2) is 11.5 Å². The Morgan fingerprint density at radius 1 is 0.769 bits per heavy atom. The Hall–Kier alpha value is -3.47. The number of para-hydroxylation sites is 2. The molecule has 0 aromatic heterocycles. The first-order valence-electron chi connectivity index (χ1n) is 8.16. The van der Waals surface area contributed by atoms with E-state index in [0.717, 1.165) is 11.4 Å². The van der Waals surface area contributed by atoms with Crippen LogP contribution in [0.3, 0.4) is 0 Å². The average molecular weight is 348 g/mol. The van der Waals surface area contributed by atoms with Gasteiger partial charge in [-0.15, -0.1) is 0 Å². The van der Waals surface area contributed by atoms with E-state index in [1.165, 1.54) is 0 Å². The summed E-state index contributed by atoms with van der Waals surface area (Å²) in [6.07, 6.45) is 0. The first-order valence-corrected chi connectivity index (χ1v) is 8.16. The summed E-state index contributed by atoms with van der Waals surface area (Å²) in [4.78, 5) is 12.8. The van der Waals surface area contributed by atoms with Crippen molar-refractivity contribution in [2.45, 2.75) is 0 Å². The predicted molar refractivity (Wildman–Crippen MR) is 102 cm³/mol. The number of hydrogen-bond acceptors (Lipinski definition) is 4. The smallest absolute Gasteiger partial charge is 0.270 e. The molecular formula is C21H20N2O3. The number of ether oxygens (including phenoxy) is 2. The summed E-state index contributed by atoms with van der Waals surface area (Å²) in [5.74, 6) is 0.830. The zero-order chi connectivity index (χ0) is 18.4. The number of amides is 1. The van der Waals surface area contributed by atoms with Crippen molar-refractivity contribution in [1.82, 2.24) is 5.43 Å². The van der Waals surface area contributed by atoms with Gasteiger partial charge in [-0.1, -0.05) is 36.4 Å². The fraction of sp³-hybridized carbons (Fsp3) is 0.0952. The van der Waals surface area contributed by atoms with E-state index in [1.54, 1.807) is 37.4 Å². The number of anilines is 2. The first-order chi connectivity index (χ1) is 12.7. The molecule has 3 aromatic rings. The van der Waals surface area contributed by atoms with Gasteiger partial charge in [0, 0.05) is 5.56 Å². The Morgan fingerprint density at radius 3 is 1.81 bits per heavy atom. The maximum absolute atomic E-state index is 12.8. The molecule has 26 heavy (non-hydrogen) atoms. The number of carbonyl (C=O) groups excluding carboxylic acids is 1. The van der Waals surface area contributed by atoms with E-state index in [-0.39, 0.29) is 5.91 Å². The molecule has 0 aliphatic rings. The van der Waals surface area contributed by atoms with Crippen LogP contribution in [-0.2, 0) is 0 Å². The maximum Gasteiger partial charge on any atom is 0.270 e. The van der Waals surface area contributed by atoms with Gasteiger partial charge >= 0.3 is 0 Å². The van der Waals surface area contributed by atoms with Crippen molar-refractivity contribution in [3.63, 3.8) is 0 Å². The van der Waals surface area contributed by atoms with Crippen molar-refractivity contribution in [3.05, 3.63) is 84.4 Å². The van der Waals surface area contributed by atoms with E-state index < -0.39 is 0 Å². The summed E-state index contributed by atoms with van der Waals surface area (Å²) in [5.41, 5.74) is 5.13. The van der Waals surface area contributed by atoms with Crippen LogP contribution in [0.1, 0.15) is 10.4 Å². The highest BCUT2D eigenvalue weighted by Gasteiger charge is 2.16. The second-order valence-corrected chi connectivity index (χ2v) is 5.52. The summed E-state index contributed by atoms with van der Waals surface area (Å²) in [7, 11) is 3.10. The van der Waals surface area contributed by atoms with Crippen molar-refractivity contribution < 1.29 is 14.3 Å². The van der Waals surface area contributed by atoms with Gasteiger partial charge in [-0.2, -0.15) is 0 Å². The fourth-order valence-corrected chi connectivity index (χ4v) is 2.58. The topological polar surface area (TPSA) is 50.8 Å². The molecule has 0 radical (unpaired) electrons. The monoisotopic (exact) mass is 348 g/mol. The van der Waals surface area contributed by atoms with E-state index in [9.17, 15) is 4.79 Å². The van der Waals surface area contributed by atoms with Crippen molar-refractivity contribution in [2.24, 2.45) is 0 Å². The number of methoxy groups -OCH3 is 2. The molecule has 1 amide bonds. The Kier molecular flexibility index (Phi) is 5.39. The lowest BCUT2D eigenvalue weighted by Gasteiger charge is -2.25. The second-order valence-electron chi connectivity index (χ2n) is 5.52. The minimum Gasteiger partial charge on any atom is -0.493 e. The highest BCUT2D eigenvalue weighted by Crippen LogP contribution is 2.28. The molecule has 0 saturated heterocycles. The largest absolute Gasteiger partial charge is 0.493 e. The summed E-state index contributed by atoms with van der Waals surface area (Å²) in [5, 5.41) is 1.75. The number of rotatable bonds is 6. The van der Waals surface area contributed by atoms with Crippen molar-refractivity contribution >= 4 is 17.3 Å². The predicted octanol–water partition coefficient (Wildman–Crippen LogP) is 4.19. The van der Waals surface area contributed by atoms with Gasteiger partial charge in [-0.25, -0.2) is 0 Å². The van der Waals surface area contributed by atoms with Crippen LogP contribution in [-0.4, -0.2) is 20.1 Å². The summed E-state index contributed by atoms with van der Waals surface area (Å²) >= 11 is 0. The van der Waals surface area contributed by atoms with Crippen LogP contribution in [0, 0.1) is 0 Å². The molecule has 0 bridgehead atoms. The van der Waals surface area contributed by atoms with Gasteiger partial charge in [-0.3, -0.25) is 15.2 Å². The summed E-state index contributed by atoms with van der Waals surface area (Å²) < 4.78 is 10.5. The molecule has 0 atom stereocenters. The zero-order valence-electron chi connectivity index (χ0n) is 14.7.